The Balaban J connectivity index is 2.24. The second kappa shape index (κ2) is 5.68. The normalized spacial score (nSPS) is 11.2. The number of nitrogens with one attached hydrogen (secondary N) is 1. The minimum Gasteiger partial charge on any atom is -0.382 e. The number of amides is 1. The van der Waals surface area contributed by atoms with Crippen LogP contribution in [0.15, 0.2) is 34.8 Å². The smallest absolute Gasteiger partial charge is 0.382 e. The molecule has 0 fully saturated rings. The average molecular weight is 361 g/mol. The van der Waals surface area contributed by atoms with Gasteiger partial charge < -0.3 is 11.1 Å². The van der Waals surface area contributed by atoms with Gasteiger partial charge in [0.1, 0.15) is 5.82 Å². The average Bonchev–Trinajstić information content (AvgIpc) is 2.40. The molecule has 0 saturated carbocycles. The Labute approximate surface area is 125 Å². The van der Waals surface area contributed by atoms with Crippen LogP contribution in [0.5, 0.6) is 0 Å². The predicted molar refractivity (Wildman–Crippen MR) is 73.5 cm³/mol. The largest absolute Gasteiger partial charge is 0.417 e. The summed E-state index contributed by atoms with van der Waals surface area (Å²) in [5.41, 5.74) is 4.38. The van der Waals surface area contributed by atoms with E-state index < -0.39 is 17.6 Å². The molecular formula is C12H8BrF3N4O. The van der Waals surface area contributed by atoms with Gasteiger partial charge in [0.2, 0.25) is 0 Å². The van der Waals surface area contributed by atoms with Crippen molar-refractivity contribution in [3.63, 3.8) is 0 Å². The van der Waals surface area contributed by atoms with Crippen LogP contribution in [0, 0.1) is 0 Å². The fraction of sp³-hybridized carbons (Fsp3) is 0.0833. The summed E-state index contributed by atoms with van der Waals surface area (Å²) in [6, 6.07) is 6.05. The van der Waals surface area contributed by atoms with Crippen molar-refractivity contribution in [2.24, 2.45) is 0 Å². The SMILES string of the molecule is Nc1ccc(C(=O)Nc2ccc(Br)c(C(F)(F)F)c2)nn1. The number of aromatic nitrogens is 2. The summed E-state index contributed by atoms with van der Waals surface area (Å²) in [6.45, 7) is 0. The van der Waals surface area contributed by atoms with Crippen LogP contribution in [0.1, 0.15) is 16.1 Å². The van der Waals surface area contributed by atoms with Crippen molar-refractivity contribution in [2.45, 2.75) is 6.18 Å². The highest BCUT2D eigenvalue weighted by Gasteiger charge is 2.33. The quantitative estimate of drug-likeness (QED) is 0.862. The standard InChI is InChI=1S/C12H8BrF3N4O/c13-8-2-1-6(5-7(8)12(14,15)16)18-11(21)9-3-4-10(17)20-19-9/h1-5H,(H2,17,20)(H,18,21). The molecule has 2 aromatic rings. The van der Waals surface area contributed by atoms with Crippen molar-refractivity contribution >= 4 is 33.3 Å². The first kappa shape index (κ1) is 15.2. The molecule has 0 aliphatic heterocycles. The Morgan fingerprint density at radius 2 is 1.90 bits per heavy atom. The molecule has 1 aromatic heterocycles. The summed E-state index contributed by atoms with van der Waals surface area (Å²) in [5.74, 6) is -0.549. The third-order valence-corrected chi connectivity index (χ3v) is 3.14. The zero-order valence-electron chi connectivity index (χ0n) is 10.3. The summed E-state index contributed by atoms with van der Waals surface area (Å²) in [6.07, 6.45) is -4.53. The number of nitrogens with two attached hydrogens (primary N) is 1. The fourth-order valence-electron chi connectivity index (χ4n) is 1.48. The maximum Gasteiger partial charge on any atom is 0.417 e. The van der Waals surface area contributed by atoms with Crippen molar-refractivity contribution in [3.8, 4) is 0 Å². The van der Waals surface area contributed by atoms with Crippen LogP contribution in [-0.4, -0.2) is 16.1 Å². The van der Waals surface area contributed by atoms with E-state index in [1.807, 2.05) is 0 Å². The second-order valence-electron chi connectivity index (χ2n) is 3.99. The molecule has 21 heavy (non-hydrogen) atoms. The molecule has 3 N–H and O–H groups in total. The first-order chi connectivity index (χ1) is 9.77. The summed E-state index contributed by atoms with van der Waals surface area (Å²) < 4.78 is 38.2. The van der Waals surface area contributed by atoms with Crippen LogP contribution in [0.3, 0.4) is 0 Å². The molecular weight excluding hydrogens is 353 g/mol. The molecule has 0 aliphatic carbocycles. The van der Waals surface area contributed by atoms with Gasteiger partial charge in [-0.3, -0.25) is 4.79 Å². The molecule has 0 radical (unpaired) electrons. The van der Waals surface area contributed by atoms with Gasteiger partial charge in [-0.25, -0.2) is 0 Å². The summed E-state index contributed by atoms with van der Waals surface area (Å²) in [7, 11) is 0. The minimum absolute atomic E-state index is 0.00542. The number of hydrogen-bond acceptors (Lipinski definition) is 4. The summed E-state index contributed by atoms with van der Waals surface area (Å²) >= 11 is 2.82. The van der Waals surface area contributed by atoms with Crippen LogP contribution in [0.25, 0.3) is 0 Å². The minimum atomic E-state index is -4.53. The maximum atomic E-state index is 12.8. The molecule has 9 heteroatoms. The van der Waals surface area contributed by atoms with Gasteiger partial charge >= 0.3 is 6.18 Å². The van der Waals surface area contributed by atoms with Crippen molar-refractivity contribution in [1.29, 1.82) is 0 Å². The van der Waals surface area contributed by atoms with E-state index in [9.17, 15) is 18.0 Å². The van der Waals surface area contributed by atoms with Gasteiger partial charge in [-0.05, 0) is 30.3 Å². The Morgan fingerprint density at radius 3 is 2.48 bits per heavy atom. The van der Waals surface area contributed by atoms with Crippen molar-refractivity contribution in [1.82, 2.24) is 10.2 Å². The number of carbonyl (C=O) groups is 1. The maximum absolute atomic E-state index is 12.8. The first-order valence-electron chi connectivity index (χ1n) is 5.54. The first-order valence-corrected chi connectivity index (χ1v) is 6.34. The predicted octanol–water partition coefficient (Wildman–Crippen LogP) is 3.09. The third kappa shape index (κ3) is 3.69. The molecule has 1 heterocycles. The molecule has 0 atom stereocenters. The van der Waals surface area contributed by atoms with Crippen molar-refractivity contribution < 1.29 is 18.0 Å². The van der Waals surface area contributed by atoms with Gasteiger partial charge in [-0.15, -0.1) is 10.2 Å². The second-order valence-corrected chi connectivity index (χ2v) is 4.84. The highest BCUT2D eigenvalue weighted by Crippen LogP contribution is 2.36. The van der Waals surface area contributed by atoms with Crippen LogP contribution < -0.4 is 11.1 Å². The van der Waals surface area contributed by atoms with Gasteiger partial charge in [0, 0.05) is 10.2 Å². The van der Waals surface area contributed by atoms with Gasteiger partial charge in [-0.1, -0.05) is 15.9 Å². The Hall–Kier alpha value is -2.16. The van der Waals surface area contributed by atoms with E-state index in [4.69, 9.17) is 5.73 Å². The lowest BCUT2D eigenvalue weighted by molar-refractivity contribution is -0.138. The zero-order valence-corrected chi connectivity index (χ0v) is 11.9. The van der Waals surface area contributed by atoms with E-state index in [1.165, 1.54) is 24.3 Å². The fourth-order valence-corrected chi connectivity index (χ4v) is 1.95. The Kier molecular flexibility index (Phi) is 4.12. The molecule has 0 spiro atoms. The summed E-state index contributed by atoms with van der Waals surface area (Å²) in [4.78, 5) is 11.8. The highest BCUT2D eigenvalue weighted by atomic mass is 79.9. The van der Waals surface area contributed by atoms with E-state index in [0.29, 0.717) is 0 Å². The molecule has 5 nitrogen and oxygen atoms in total. The number of benzene rings is 1. The molecule has 2 rings (SSSR count). The molecule has 0 bridgehead atoms. The van der Waals surface area contributed by atoms with E-state index >= 15 is 0 Å². The zero-order chi connectivity index (χ0) is 15.6. The monoisotopic (exact) mass is 360 g/mol. The van der Waals surface area contributed by atoms with Gasteiger partial charge in [-0.2, -0.15) is 13.2 Å². The number of halogens is 4. The lowest BCUT2D eigenvalue weighted by atomic mass is 10.2. The molecule has 1 aromatic carbocycles. The van der Waals surface area contributed by atoms with Crippen LogP contribution in [0.4, 0.5) is 24.7 Å². The van der Waals surface area contributed by atoms with E-state index in [-0.39, 0.29) is 21.7 Å². The van der Waals surface area contributed by atoms with Gasteiger partial charge in [0.15, 0.2) is 5.69 Å². The molecule has 0 saturated heterocycles. The van der Waals surface area contributed by atoms with Crippen molar-refractivity contribution in [3.05, 3.63) is 46.1 Å². The molecule has 0 unspecified atom stereocenters. The number of nitrogens with zero attached hydrogens (tertiary/aromatic N) is 2. The molecule has 0 aliphatic rings. The van der Waals surface area contributed by atoms with Crippen LogP contribution in [-0.2, 0) is 6.18 Å². The highest BCUT2D eigenvalue weighted by molar-refractivity contribution is 9.10. The molecule has 110 valence electrons. The number of rotatable bonds is 2. The number of anilines is 2. The van der Waals surface area contributed by atoms with Crippen LogP contribution in [0.2, 0.25) is 0 Å². The summed E-state index contributed by atoms with van der Waals surface area (Å²) in [5, 5.41) is 9.35. The van der Waals surface area contributed by atoms with E-state index in [2.05, 4.69) is 31.4 Å². The lowest BCUT2D eigenvalue weighted by Gasteiger charge is -2.11. The molecule has 1 amide bonds. The number of carbonyl (C=O) groups excluding carboxylic acids is 1. The van der Waals surface area contributed by atoms with Gasteiger partial charge in [0.25, 0.3) is 5.91 Å². The van der Waals surface area contributed by atoms with Crippen molar-refractivity contribution in [2.75, 3.05) is 11.1 Å². The number of hydrogen-bond donors (Lipinski definition) is 2. The number of alkyl halides is 3. The Morgan fingerprint density at radius 1 is 1.19 bits per heavy atom. The topological polar surface area (TPSA) is 80.9 Å². The van der Waals surface area contributed by atoms with E-state index in [0.717, 1.165) is 6.07 Å². The Bertz CT molecular complexity index is 673. The van der Waals surface area contributed by atoms with E-state index in [1.54, 1.807) is 0 Å². The lowest BCUT2D eigenvalue weighted by Crippen LogP contribution is -2.15. The van der Waals surface area contributed by atoms with Crippen LogP contribution >= 0.6 is 15.9 Å². The third-order valence-electron chi connectivity index (χ3n) is 2.45. The number of nitrogen functional groups attached to an aromatic ring is 1. The van der Waals surface area contributed by atoms with Gasteiger partial charge in [0.05, 0.1) is 5.56 Å².